The summed E-state index contributed by atoms with van der Waals surface area (Å²) in [5.41, 5.74) is 0.721. The fourth-order valence-electron chi connectivity index (χ4n) is 3.46. The largest absolute Gasteiger partial charge is 0.454 e. The number of rotatable bonds is 5. The van der Waals surface area contributed by atoms with Crippen LogP contribution >= 0.6 is 0 Å². The average Bonchev–Trinajstić information content (AvgIpc) is 2.90. The van der Waals surface area contributed by atoms with Gasteiger partial charge in [0.15, 0.2) is 11.5 Å². The fraction of sp³-hybridized carbons (Fsp3) is 0.579. The molecule has 2 aliphatic rings. The summed E-state index contributed by atoms with van der Waals surface area (Å²) in [5, 5.41) is 3.12. The average molecular weight is 346 g/mol. The summed E-state index contributed by atoms with van der Waals surface area (Å²) in [6.45, 7) is 2.06. The van der Waals surface area contributed by atoms with Gasteiger partial charge in [0.05, 0.1) is 0 Å². The second-order valence-electron chi connectivity index (χ2n) is 6.71. The molecule has 2 amide bonds. The highest BCUT2D eigenvalue weighted by atomic mass is 16.7. The predicted octanol–water partition coefficient (Wildman–Crippen LogP) is 3.00. The molecule has 1 aromatic carbocycles. The molecule has 1 fully saturated rings. The molecule has 0 saturated heterocycles. The fourth-order valence-corrected chi connectivity index (χ4v) is 3.46. The number of fused-ring (bicyclic) bond motifs is 1. The van der Waals surface area contributed by atoms with E-state index < -0.39 is 0 Å². The SMILES string of the molecule is CC(=O)N(CCC(=O)NC1CCCCCC1)c1ccc2c(c1)OCO2. The number of amides is 2. The lowest BCUT2D eigenvalue weighted by atomic mass is 10.1. The number of hydrogen-bond donors (Lipinski definition) is 1. The number of hydrogen-bond acceptors (Lipinski definition) is 4. The van der Waals surface area contributed by atoms with Gasteiger partial charge in [-0.3, -0.25) is 9.59 Å². The van der Waals surface area contributed by atoms with E-state index >= 15 is 0 Å². The van der Waals surface area contributed by atoms with Crippen molar-refractivity contribution >= 4 is 17.5 Å². The first-order valence-corrected chi connectivity index (χ1v) is 9.10. The molecular formula is C19H26N2O4. The molecule has 3 rings (SSSR count). The second-order valence-corrected chi connectivity index (χ2v) is 6.71. The highest BCUT2D eigenvalue weighted by molar-refractivity contribution is 5.92. The van der Waals surface area contributed by atoms with Gasteiger partial charge in [-0.25, -0.2) is 0 Å². The quantitative estimate of drug-likeness (QED) is 0.832. The van der Waals surface area contributed by atoms with E-state index in [-0.39, 0.29) is 24.6 Å². The van der Waals surface area contributed by atoms with Crippen LogP contribution in [0.2, 0.25) is 0 Å². The molecule has 0 unspecified atom stereocenters. The molecule has 1 heterocycles. The van der Waals surface area contributed by atoms with Gasteiger partial charge in [-0.05, 0) is 25.0 Å². The van der Waals surface area contributed by atoms with Crippen LogP contribution in [0.3, 0.4) is 0 Å². The first-order chi connectivity index (χ1) is 12.1. The summed E-state index contributed by atoms with van der Waals surface area (Å²) in [5.74, 6) is 1.23. The molecule has 0 radical (unpaired) electrons. The Labute approximate surface area is 148 Å². The third-order valence-corrected chi connectivity index (χ3v) is 4.83. The standard InChI is InChI=1S/C19H26N2O4/c1-14(22)21(16-8-9-17-18(12-16)25-13-24-17)11-10-19(23)20-15-6-4-2-3-5-7-15/h8-9,12,15H,2-7,10-11,13H2,1H3,(H,20,23). The van der Waals surface area contributed by atoms with Crippen molar-refractivity contribution in [1.29, 1.82) is 0 Å². The van der Waals surface area contributed by atoms with Gasteiger partial charge >= 0.3 is 0 Å². The van der Waals surface area contributed by atoms with Gasteiger partial charge in [-0.15, -0.1) is 0 Å². The molecule has 1 N–H and O–H groups in total. The van der Waals surface area contributed by atoms with Crippen molar-refractivity contribution in [3.05, 3.63) is 18.2 Å². The Morgan fingerprint density at radius 2 is 1.84 bits per heavy atom. The van der Waals surface area contributed by atoms with Gasteiger partial charge in [0, 0.05) is 37.7 Å². The van der Waals surface area contributed by atoms with Crippen LogP contribution in [0.4, 0.5) is 5.69 Å². The molecule has 1 aliphatic heterocycles. The highest BCUT2D eigenvalue weighted by Crippen LogP contribution is 2.35. The van der Waals surface area contributed by atoms with E-state index in [4.69, 9.17) is 9.47 Å². The van der Waals surface area contributed by atoms with Crippen molar-refractivity contribution in [2.45, 2.75) is 57.9 Å². The van der Waals surface area contributed by atoms with Crippen LogP contribution in [0.25, 0.3) is 0 Å². The summed E-state index contributed by atoms with van der Waals surface area (Å²) < 4.78 is 10.7. The molecular weight excluding hydrogens is 320 g/mol. The Morgan fingerprint density at radius 1 is 1.12 bits per heavy atom. The van der Waals surface area contributed by atoms with Crippen molar-refractivity contribution in [3.8, 4) is 11.5 Å². The van der Waals surface area contributed by atoms with Crippen molar-refractivity contribution in [2.75, 3.05) is 18.2 Å². The third-order valence-electron chi connectivity index (χ3n) is 4.83. The van der Waals surface area contributed by atoms with Gasteiger partial charge in [0.1, 0.15) is 0 Å². The molecule has 0 bridgehead atoms. The maximum Gasteiger partial charge on any atom is 0.231 e. The van der Waals surface area contributed by atoms with Crippen LogP contribution in [0.5, 0.6) is 11.5 Å². The van der Waals surface area contributed by atoms with Crippen LogP contribution in [0.15, 0.2) is 18.2 Å². The van der Waals surface area contributed by atoms with Crippen LogP contribution in [-0.2, 0) is 9.59 Å². The maximum absolute atomic E-state index is 12.3. The van der Waals surface area contributed by atoms with Crippen molar-refractivity contribution in [2.24, 2.45) is 0 Å². The third kappa shape index (κ3) is 4.65. The Hall–Kier alpha value is -2.24. The van der Waals surface area contributed by atoms with E-state index in [1.165, 1.54) is 32.6 Å². The van der Waals surface area contributed by atoms with Gasteiger partial charge in [0.25, 0.3) is 0 Å². The van der Waals surface area contributed by atoms with Gasteiger partial charge in [-0.1, -0.05) is 25.7 Å². The van der Waals surface area contributed by atoms with Crippen molar-refractivity contribution in [1.82, 2.24) is 5.32 Å². The maximum atomic E-state index is 12.3. The van der Waals surface area contributed by atoms with E-state index in [2.05, 4.69) is 5.32 Å². The number of nitrogens with zero attached hydrogens (tertiary/aromatic N) is 1. The van der Waals surface area contributed by atoms with E-state index in [1.807, 2.05) is 6.07 Å². The first-order valence-electron chi connectivity index (χ1n) is 9.10. The van der Waals surface area contributed by atoms with Crippen LogP contribution < -0.4 is 19.7 Å². The zero-order valence-electron chi connectivity index (χ0n) is 14.8. The first kappa shape index (κ1) is 17.6. The molecule has 1 aromatic rings. The summed E-state index contributed by atoms with van der Waals surface area (Å²) in [6.07, 6.45) is 7.30. The van der Waals surface area contributed by atoms with Crippen LogP contribution in [-0.4, -0.2) is 31.2 Å². The second kappa shape index (κ2) is 8.23. The van der Waals surface area contributed by atoms with E-state index in [9.17, 15) is 9.59 Å². The topological polar surface area (TPSA) is 67.9 Å². The summed E-state index contributed by atoms with van der Waals surface area (Å²) >= 11 is 0. The number of carbonyl (C=O) groups excluding carboxylic acids is 2. The Balaban J connectivity index is 1.56. The lowest BCUT2D eigenvalue weighted by Gasteiger charge is -2.22. The van der Waals surface area contributed by atoms with E-state index in [0.29, 0.717) is 24.5 Å². The van der Waals surface area contributed by atoms with Crippen molar-refractivity contribution in [3.63, 3.8) is 0 Å². The Morgan fingerprint density at radius 3 is 2.56 bits per heavy atom. The number of benzene rings is 1. The Bertz CT molecular complexity index is 624. The minimum absolute atomic E-state index is 0.0129. The monoisotopic (exact) mass is 346 g/mol. The smallest absolute Gasteiger partial charge is 0.231 e. The summed E-state index contributed by atoms with van der Waals surface area (Å²) in [4.78, 5) is 25.9. The lowest BCUT2D eigenvalue weighted by Crippen LogP contribution is -2.38. The minimum atomic E-state index is -0.0962. The minimum Gasteiger partial charge on any atom is -0.454 e. The Kier molecular flexibility index (Phi) is 5.79. The predicted molar refractivity (Wildman–Crippen MR) is 94.8 cm³/mol. The molecule has 6 nitrogen and oxygen atoms in total. The lowest BCUT2D eigenvalue weighted by molar-refractivity contribution is -0.121. The molecule has 25 heavy (non-hydrogen) atoms. The van der Waals surface area contributed by atoms with Gasteiger partial charge in [0.2, 0.25) is 18.6 Å². The van der Waals surface area contributed by atoms with Gasteiger partial charge < -0.3 is 19.7 Å². The summed E-state index contributed by atoms with van der Waals surface area (Å²) in [7, 11) is 0. The molecule has 136 valence electrons. The van der Waals surface area contributed by atoms with E-state index in [0.717, 1.165) is 18.5 Å². The summed E-state index contributed by atoms with van der Waals surface area (Å²) in [6, 6.07) is 5.68. The zero-order valence-corrected chi connectivity index (χ0v) is 14.8. The molecule has 0 spiro atoms. The molecule has 6 heteroatoms. The normalized spacial score (nSPS) is 17.0. The van der Waals surface area contributed by atoms with E-state index in [1.54, 1.807) is 17.0 Å². The molecule has 0 atom stereocenters. The number of nitrogens with one attached hydrogen (secondary N) is 1. The van der Waals surface area contributed by atoms with Crippen LogP contribution in [0, 0.1) is 0 Å². The molecule has 1 saturated carbocycles. The molecule has 1 aliphatic carbocycles. The van der Waals surface area contributed by atoms with Crippen molar-refractivity contribution < 1.29 is 19.1 Å². The van der Waals surface area contributed by atoms with Crippen LogP contribution in [0.1, 0.15) is 51.9 Å². The number of ether oxygens (including phenoxy) is 2. The highest BCUT2D eigenvalue weighted by Gasteiger charge is 2.20. The molecule has 0 aromatic heterocycles. The van der Waals surface area contributed by atoms with Gasteiger partial charge in [-0.2, -0.15) is 0 Å². The number of carbonyl (C=O) groups is 2. The zero-order chi connectivity index (χ0) is 17.6. The number of anilines is 1.